The van der Waals surface area contributed by atoms with Crippen LogP contribution in [0.4, 0.5) is 5.82 Å². The summed E-state index contributed by atoms with van der Waals surface area (Å²) in [6, 6.07) is 12.7. The summed E-state index contributed by atoms with van der Waals surface area (Å²) in [6.45, 7) is 0.389. The van der Waals surface area contributed by atoms with E-state index in [4.69, 9.17) is 5.73 Å². The third kappa shape index (κ3) is 4.99. The molecule has 4 rings (SSSR count). The van der Waals surface area contributed by atoms with E-state index in [1.54, 1.807) is 18.5 Å². The van der Waals surface area contributed by atoms with Crippen LogP contribution in [0.2, 0.25) is 0 Å². The molecular weight excluding hydrogens is 544 g/mol. The first-order chi connectivity index (χ1) is 11.7. The van der Waals surface area contributed by atoms with Crippen molar-refractivity contribution in [3.63, 3.8) is 0 Å². The maximum Gasteiger partial charge on any atom is 2.00 e. The third-order valence-corrected chi connectivity index (χ3v) is 3.12. The summed E-state index contributed by atoms with van der Waals surface area (Å²) in [4.78, 5) is 18.9. The van der Waals surface area contributed by atoms with Gasteiger partial charge in [-0.1, -0.05) is 42.7 Å². The largest absolute Gasteiger partial charge is 2.00 e. The Labute approximate surface area is 166 Å². The van der Waals surface area contributed by atoms with Crippen molar-refractivity contribution >= 4 is 16.9 Å². The molecule has 2 N–H and O–H groups in total. The molecule has 0 aliphatic carbocycles. The molecule has 0 fully saturated rings. The van der Waals surface area contributed by atoms with Crippen molar-refractivity contribution in [1.29, 1.82) is 0 Å². The van der Waals surface area contributed by atoms with Crippen LogP contribution in [0.15, 0.2) is 59.7 Å². The van der Waals surface area contributed by atoms with Crippen molar-refractivity contribution in [3.8, 4) is 0 Å². The van der Waals surface area contributed by atoms with Crippen molar-refractivity contribution in [2.24, 2.45) is 0 Å². The Kier molecular flexibility index (Phi) is 6.86. The Hall–Kier alpha value is -2.50. The number of fused-ring (bicyclic) bond motifs is 1. The van der Waals surface area contributed by atoms with E-state index in [0.717, 1.165) is 5.56 Å². The molecule has 4 aromatic rings. The van der Waals surface area contributed by atoms with Crippen LogP contribution in [-0.2, 0) is 6.54 Å². The molecule has 0 saturated carbocycles. The summed E-state index contributed by atoms with van der Waals surface area (Å²) in [5.74, 6) is 0.0480. The predicted octanol–water partition coefficient (Wildman–Crippen LogP) is 2.13. The second-order valence-electron chi connectivity index (χ2n) is 4.81. The van der Waals surface area contributed by atoms with E-state index in [2.05, 4.69) is 31.6 Å². The van der Waals surface area contributed by atoms with E-state index in [1.807, 2.05) is 30.3 Å². The normalized spacial score (nSPS) is 9.76. The van der Waals surface area contributed by atoms with E-state index >= 15 is 0 Å². The van der Waals surface area contributed by atoms with E-state index < -0.39 is 0 Å². The molecule has 0 bridgehead atoms. The second kappa shape index (κ2) is 9.11. The first kappa shape index (κ1) is 18.8. The van der Waals surface area contributed by atoms with Gasteiger partial charge in [0, 0.05) is 12.4 Å². The quantitative estimate of drug-likeness (QED) is 0.380. The van der Waals surface area contributed by atoms with Crippen LogP contribution >= 0.6 is 0 Å². The van der Waals surface area contributed by atoms with Gasteiger partial charge in [-0.15, -0.1) is 6.07 Å². The molecule has 3 heterocycles. The molecule has 0 amide bonds. The number of hydrogen-bond donors (Lipinski definition) is 1. The van der Waals surface area contributed by atoms with E-state index in [-0.39, 0.29) is 42.5 Å². The molecule has 0 atom stereocenters. The summed E-state index contributed by atoms with van der Waals surface area (Å²) < 4.78 is 1.34. The molecule has 9 heteroatoms. The zero-order valence-corrected chi connectivity index (χ0v) is 17.2. The van der Waals surface area contributed by atoms with Gasteiger partial charge in [0.05, 0.1) is 12.1 Å². The average molecular weight is 557 g/mol. The maximum absolute atomic E-state index is 11.8. The van der Waals surface area contributed by atoms with Gasteiger partial charge in [0.15, 0.2) is 0 Å². The topological polar surface area (TPSA) is 113 Å². The smallest absolute Gasteiger partial charge is 0.479 e. The van der Waals surface area contributed by atoms with Crippen molar-refractivity contribution in [2.45, 2.75) is 6.54 Å². The minimum Gasteiger partial charge on any atom is -0.479 e. The Bertz CT molecular complexity index is 943. The van der Waals surface area contributed by atoms with Gasteiger partial charge in [-0.05, 0) is 11.4 Å². The molecule has 1 aromatic carbocycles. The van der Waals surface area contributed by atoms with Gasteiger partial charge < -0.3 is 25.9 Å². The number of aromatic nitrogens is 6. The SMILES string of the molecule is [NH-]c1n[nH]c2cc(=O)n(Cc3ccccc3)nc12.[U+2].[c-]1ncccn1. The molecule has 25 heavy (non-hydrogen) atoms. The fourth-order valence-electron chi connectivity index (χ4n) is 2.01. The molecular formula is C16H13N7OU. The molecule has 122 valence electrons. The molecule has 0 radical (unpaired) electrons. The van der Waals surface area contributed by atoms with Crippen molar-refractivity contribution in [3.05, 3.63) is 82.8 Å². The minimum atomic E-state index is -0.213. The van der Waals surface area contributed by atoms with Crippen molar-refractivity contribution in [1.82, 2.24) is 29.9 Å². The Balaban J connectivity index is 0.000000275. The Morgan fingerprint density at radius 2 is 1.84 bits per heavy atom. The molecule has 0 aliphatic heterocycles. The number of aromatic amines is 1. The second-order valence-corrected chi connectivity index (χ2v) is 4.81. The molecule has 0 spiro atoms. The first-order valence-electron chi connectivity index (χ1n) is 7.09. The number of nitrogens with one attached hydrogen (secondary N) is 2. The van der Waals surface area contributed by atoms with Gasteiger partial charge in [0.1, 0.15) is 5.52 Å². The van der Waals surface area contributed by atoms with E-state index in [0.29, 0.717) is 17.6 Å². The fourth-order valence-corrected chi connectivity index (χ4v) is 2.01. The zero-order chi connectivity index (χ0) is 16.8. The predicted molar refractivity (Wildman–Crippen MR) is 88.5 cm³/mol. The summed E-state index contributed by atoms with van der Waals surface area (Å²) in [7, 11) is 0. The molecule has 8 nitrogen and oxygen atoms in total. The van der Waals surface area contributed by atoms with Crippen LogP contribution in [0, 0.1) is 37.4 Å². The zero-order valence-electron chi connectivity index (χ0n) is 13.0. The number of H-pyrrole nitrogens is 1. The van der Waals surface area contributed by atoms with Crippen LogP contribution in [0.3, 0.4) is 0 Å². The van der Waals surface area contributed by atoms with Gasteiger partial charge in [-0.3, -0.25) is 4.79 Å². The van der Waals surface area contributed by atoms with Gasteiger partial charge in [0.2, 0.25) is 0 Å². The minimum absolute atomic E-state index is 0. The number of hydrogen-bond acceptors (Lipinski definition) is 5. The molecule has 0 aliphatic rings. The molecule has 0 unspecified atom stereocenters. The first-order valence-corrected chi connectivity index (χ1v) is 7.09. The number of nitrogens with zero attached hydrogens (tertiary/aromatic N) is 5. The molecule has 3 aromatic heterocycles. The van der Waals surface area contributed by atoms with E-state index in [9.17, 15) is 4.79 Å². The van der Waals surface area contributed by atoms with Crippen LogP contribution in [0.1, 0.15) is 5.56 Å². The van der Waals surface area contributed by atoms with Crippen LogP contribution in [-0.4, -0.2) is 29.9 Å². The van der Waals surface area contributed by atoms with Gasteiger partial charge in [0.25, 0.3) is 5.56 Å². The monoisotopic (exact) mass is 557 g/mol. The Morgan fingerprint density at radius 1 is 1.12 bits per heavy atom. The number of rotatable bonds is 2. The summed E-state index contributed by atoms with van der Waals surface area (Å²) >= 11 is 0. The van der Waals surface area contributed by atoms with Crippen molar-refractivity contribution < 1.29 is 31.1 Å². The van der Waals surface area contributed by atoms with Gasteiger partial charge >= 0.3 is 31.1 Å². The van der Waals surface area contributed by atoms with E-state index in [1.165, 1.54) is 10.7 Å². The maximum atomic E-state index is 11.8. The average Bonchev–Trinajstić information content (AvgIpc) is 2.98. The third-order valence-electron chi connectivity index (χ3n) is 3.12. The van der Waals surface area contributed by atoms with Gasteiger partial charge in [-0.25, -0.2) is 4.68 Å². The van der Waals surface area contributed by atoms with Crippen molar-refractivity contribution in [2.75, 3.05) is 0 Å². The number of benzene rings is 1. The van der Waals surface area contributed by atoms with Crippen LogP contribution in [0.25, 0.3) is 16.8 Å². The summed E-state index contributed by atoms with van der Waals surface area (Å²) in [6.07, 6.45) is 5.66. The fraction of sp³-hybridized carbons (Fsp3) is 0.0625. The van der Waals surface area contributed by atoms with Crippen LogP contribution in [0.5, 0.6) is 0 Å². The Morgan fingerprint density at radius 3 is 2.44 bits per heavy atom. The summed E-state index contributed by atoms with van der Waals surface area (Å²) in [5.41, 5.74) is 9.25. The van der Waals surface area contributed by atoms with Crippen LogP contribution < -0.4 is 5.56 Å². The summed E-state index contributed by atoms with van der Waals surface area (Å²) in [5, 5.41) is 10.5. The van der Waals surface area contributed by atoms with Gasteiger partial charge in [-0.2, -0.15) is 5.10 Å². The molecule has 0 saturated heterocycles. The standard InChI is InChI=1S/C12H11N5O.C4H3N2.U/c13-12-11-9(14-15-12)6-10(18)17(16-11)7-8-4-2-1-3-5-8;1-2-5-4-6-3-1;/h1-6H,7H2,(H3,13,14,15,16,18);1-3H;/q;-1;+2/p-1.